The first-order valence-electron chi connectivity index (χ1n) is 11.8. The Bertz CT molecular complexity index is 1810. The van der Waals surface area contributed by atoms with Crippen LogP contribution in [0.5, 0.6) is 0 Å². The molecule has 3 aromatic heterocycles. The zero-order valence-electron chi connectivity index (χ0n) is 20.1. The van der Waals surface area contributed by atoms with Crippen LogP contribution in [0.4, 0.5) is 0 Å². The van der Waals surface area contributed by atoms with E-state index in [1.165, 1.54) is 59.1 Å². The summed E-state index contributed by atoms with van der Waals surface area (Å²) < 4.78 is 14.6. The molecule has 0 bridgehead atoms. The van der Waals surface area contributed by atoms with Crippen molar-refractivity contribution in [1.29, 1.82) is 0 Å². The lowest BCUT2D eigenvalue weighted by molar-refractivity contribution is -0.659. The van der Waals surface area contributed by atoms with Crippen LogP contribution in [0.25, 0.3) is 54.9 Å². The van der Waals surface area contributed by atoms with Gasteiger partial charge in [-0.25, -0.2) is 4.57 Å². The van der Waals surface area contributed by atoms with Crippen LogP contribution >= 0.6 is 11.8 Å². The van der Waals surface area contributed by atoms with Gasteiger partial charge in [0.1, 0.15) is 23.8 Å². The molecule has 1 aliphatic heterocycles. The predicted octanol–water partition coefficient (Wildman–Crippen LogP) is 8.34. The van der Waals surface area contributed by atoms with Gasteiger partial charge in [0.05, 0.1) is 17.2 Å². The van der Waals surface area contributed by atoms with Gasteiger partial charge in [-0.3, -0.25) is 0 Å². The van der Waals surface area contributed by atoms with Gasteiger partial charge >= 0.3 is 0 Å². The lowest BCUT2D eigenvalue weighted by Gasteiger charge is -2.20. The number of fused-ring (bicyclic) bond motifs is 7. The van der Waals surface area contributed by atoms with Gasteiger partial charge in [-0.15, -0.1) is 0 Å². The number of pyridine rings is 1. The standard InChI is InChI=1S/C30H26NO2S/c1-16-18-10-12-32-22(18)14-24-25(16)28-27-19(9-11-31(28)5)29-20(13-23(27)34-24)26-17(15-30(2,3)4)7-6-8-21(26)33-29/h6-14H,15H2,1-5H3/q+1. The van der Waals surface area contributed by atoms with Crippen molar-refractivity contribution >= 4 is 55.4 Å². The number of rotatable bonds is 1. The van der Waals surface area contributed by atoms with Crippen molar-refractivity contribution in [2.75, 3.05) is 0 Å². The molecule has 4 heterocycles. The average molecular weight is 465 g/mol. The van der Waals surface area contributed by atoms with Crippen LogP contribution in [0.15, 0.2) is 73.5 Å². The molecule has 1 aliphatic rings. The largest absolute Gasteiger partial charge is 0.464 e. The van der Waals surface area contributed by atoms with Gasteiger partial charge < -0.3 is 8.83 Å². The fraction of sp³-hybridized carbons (Fsp3) is 0.233. The van der Waals surface area contributed by atoms with Gasteiger partial charge in [0, 0.05) is 37.4 Å². The third-order valence-electron chi connectivity index (χ3n) is 7.09. The molecule has 4 heteroatoms. The molecule has 0 unspecified atom stereocenters. The molecule has 3 aromatic carbocycles. The minimum absolute atomic E-state index is 0.198. The Labute approximate surface area is 202 Å². The minimum Gasteiger partial charge on any atom is -0.464 e. The molecule has 0 N–H and O–H groups in total. The number of benzene rings is 3. The van der Waals surface area contributed by atoms with Crippen LogP contribution in [0.2, 0.25) is 0 Å². The molecule has 3 nitrogen and oxygen atoms in total. The molecule has 0 fully saturated rings. The normalized spacial score (nSPS) is 13.4. The molecular weight excluding hydrogens is 438 g/mol. The fourth-order valence-corrected chi connectivity index (χ4v) is 6.96. The highest BCUT2D eigenvalue weighted by Gasteiger charge is 2.32. The number of hydrogen-bond donors (Lipinski definition) is 0. The van der Waals surface area contributed by atoms with Crippen LogP contribution in [-0.2, 0) is 13.5 Å². The van der Waals surface area contributed by atoms with Gasteiger partial charge in [-0.1, -0.05) is 44.7 Å². The van der Waals surface area contributed by atoms with Crippen LogP contribution in [0, 0.1) is 12.3 Å². The summed E-state index contributed by atoms with van der Waals surface area (Å²) in [5.41, 5.74) is 8.27. The van der Waals surface area contributed by atoms with Crippen molar-refractivity contribution in [2.45, 2.75) is 43.9 Å². The second-order valence-corrected chi connectivity index (χ2v) is 11.8. The van der Waals surface area contributed by atoms with E-state index in [-0.39, 0.29) is 5.41 Å². The first-order valence-corrected chi connectivity index (χ1v) is 12.6. The lowest BCUT2D eigenvalue weighted by atomic mass is 9.86. The molecule has 34 heavy (non-hydrogen) atoms. The highest BCUT2D eigenvalue weighted by atomic mass is 32.2. The number of hydrogen-bond acceptors (Lipinski definition) is 3. The molecule has 0 saturated heterocycles. The van der Waals surface area contributed by atoms with E-state index in [2.05, 4.69) is 88.0 Å². The van der Waals surface area contributed by atoms with E-state index in [0.29, 0.717) is 0 Å². The molecule has 0 atom stereocenters. The Morgan fingerprint density at radius 2 is 1.76 bits per heavy atom. The predicted molar refractivity (Wildman–Crippen MR) is 140 cm³/mol. The van der Waals surface area contributed by atoms with Crippen LogP contribution in [0.1, 0.15) is 31.9 Å². The Kier molecular flexibility index (Phi) is 3.95. The van der Waals surface area contributed by atoms with E-state index in [1.54, 1.807) is 6.26 Å². The zero-order chi connectivity index (χ0) is 23.4. The number of aromatic nitrogens is 1. The van der Waals surface area contributed by atoms with Crippen LogP contribution < -0.4 is 4.57 Å². The van der Waals surface area contributed by atoms with Gasteiger partial charge in [-0.2, -0.15) is 0 Å². The highest BCUT2D eigenvalue weighted by Crippen LogP contribution is 2.52. The van der Waals surface area contributed by atoms with Crippen molar-refractivity contribution in [3.8, 4) is 11.3 Å². The lowest BCUT2D eigenvalue weighted by Crippen LogP contribution is -2.31. The maximum absolute atomic E-state index is 6.58. The van der Waals surface area contributed by atoms with Crippen molar-refractivity contribution in [3.63, 3.8) is 0 Å². The summed E-state index contributed by atoms with van der Waals surface area (Å²) in [4.78, 5) is 2.53. The highest BCUT2D eigenvalue weighted by molar-refractivity contribution is 7.99. The molecule has 7 rings (SSSR count). The molecule has 0 amide bonds. The quantitative estimate of drug-likeness (QED) is 0.229. The van der Waals surface area contributed by atoms with Gasteiger partial charge in [0.25, 0.3) is 0 Å². The maximum atomic E-state index is 6.58. The van der Waals surface area contributed by atoms with E-state index < -0.39 is 0 Å². The smallest absolute Gasteiger partial charge is 0.222 e. The molecule has 0 aliphatic carbocycles. The summed E-state index contributed by atoms with van der Waals surface area (Å²) in [5.74, 6) is 0. The van der Waals surface area contributed by atoms with Gasteiger partial charge in [0.15, 0.2) is 6.20 Å². The van der Waals surface area contributed by atoms with Crippen LogP contribution in [-0.4, -0.2) is 0 Å². The second-order valence-electron chi connectivity index (χ2n) is 10.8. The second kappa shape index (κ2) is 6.67. The first-order chi connectivity index (χ1) is 16.3. The summed E-state index contributed by atoms with van der Waals surface area (Å²) in [6, 6.07) is 15.3. The van der Waals surface area contributed by atoms with Gasteiger partial charge in [0.2, 0.25) is 5.69 Å². The molecular formula is C30H26NO2S+. The summed E-state index contributed by atoms with van der Waals surface area (Å²) >= 11 is 1.85. The Morgan fingerprint density at radius 1 is 0.912 bits per heavy atom. The minimum atomic E-state index is 0.198. The summed E-state index contributed by atoms with van der Waals surface area (Å²) in [5, 5.41) is 6.10. The van der Waals surface area contributed by atoms with E-state index in [4.69, 9.17) is 8.83 Å². The molecule has 0 saturated carbocycles. The van der Waals surface area contributed by atoms with Crippen molar-refractivity contribution in [2.24, 2.45) is 12.5 Å². The maximum Gasteiger partial charge on any atom is 0.222 e. The third-order valence-corrected chi connectivity index (χ3v) is 8.17. The molecule has 0 radical (unpaired) electrons. The summed E-state index contributed by atoms with van der Waals surface area (Å²) in [6.45, 7) is 9.09. The van der Waals surface area contributed by atoms with Crippen molar-refractivity contribution < 1.29 is 13.4 Å². The first kappa shape index (κ1) is 20.2. The Balaban J connectivity index is 1.63. The third kappa shape index (κ3) is 2.69. The Hall–Kier alpha value is -3.24. The van der Waals surface area contributed by atoms with E-state index in [1.807, 2.05) is 11.8 Å². The monoisotopic (exact) mass is 464 g/mol. The van der Waals surface area contributed by atoms with Crippen LogP contribution in [0.3, 0.4) is 0 Å². The topological polar surface area (TPSA) is 30.2 Å². The fourth-order valence-electron chi connectivity index (χ4n) is 5.72. The molecule has 168 valence electrons. The number of nitrogens with zero attached hydrogens (tertiary/aromatic N) is 1. The van der Waals surface area contributed by atoms with Gasteiger partial charge in [-0.05, 0) is 54.2 Å². The molecule has 6 aromatic rings. The number of aryl methyl sites for hydroxylation is 2. The van der Waals surface area contributed by atoms with Crippen molar-refractivity contribution in [3.05, 3.63) is 66.1 Å². The van der Waals surface area contributed by atoms with E-state index >= 15 is 0 Å². The van der Waals surface area contributed by atoms with Crippen molar-refractivity contribution in [1.82, 2.24) is 0 Å². The zero-order valence-corrected chi connectivity index (χ0v) is 20.9. The average Bonchev–Trinajstić information content (AvgIpc) is 3.39. The van der Waals surface area contributed by atoms with E-state index in [9.17, 15) is 0 Å². The van der Waals surface area contributed by atoms with E-state index in [0.717, 1.165) is 23.2 Å². The SMILES string of the molecule is Cc1c2c(cc3occc13)Sc1cc3c(oc4cccc(CC(C)(C)C)c43)c3cc[n+](C)c-2c13. The number of furan rings is 2. The Morgan fingerprint density at radius 3 is 2.59 bits per heavy atom. The summed E-state index contributed by atoms with van der Waals surface area (Å²) in [7, 11) is 2.14. The molecule has 0 spiro atoms. The summed E-state index contributed by atoms with van der Waals surface area (Å²) in [6.07, 6.45) is 4.97.